The monoisotopic (exact) mass is 313 g/mol. The van der Waals surface area contributed by atoms with E-state index in [0.717, 1.165) is 4.73 Å². The Morgan fingerprint density at radius 1 is 1.30 bits per heavy atom. The van der Waals surface area contributed by atoms with Crippen LogP contribution in [-0.4, -0.2) is 32.1 Å². The third-order valence-electron chi connectivity index (χ3n) is 3.54. The lowest BCUT2D eigenvalue weighted by atomic mass is 10.0. The first-order chi connectivity index (χ1) is 11.1. The van der Waals surface area contributed by atoms with Crippen LogP contribution in [0, 0.1) is 0 Å². The molecule has 0 saturated heterocycles. The second-order valence-electron chi connectivity index (χ2n) is 4.98. The van der Waals surface area contributed by atoms with Gasteiger partial charge in [-0.25, -0.2) is 9.78 Å². The Balaban J connectivity index is 2.46. The Morgan fingerprint density at radius 2 is 2.00 bits per heavy atom. The number of benzene rings is 1. The highest BCUT2D eigenvalue weighted by atomic mass is 16.5. The molecule has 2 aromatic heterocycles. The number of ether oxygens (including phenoxy) is 1. The predicted octanol–water partition coefficient (Wildman–Crippen LogP) is 1.82. The van der Waals surface area contributed by atoms with Crippen molar-refractivity contribution in [3.63, 3.8) is 0 Å². The molecule has 3 rings (SSSR count). The van der Waals surface area contributed by atoms with E-state index in [2.05, 4.69) is 4.98 Å². The Labute approximate surface area is 131 Å². The molecule has 7 nitrogen and oxygen atoms in total. The maximum atomic E-state index is 12.8. The number of aromatic nitrogens is 3. The summed E-state index contributed by atoms with van der Waals surface area (Å²) in [6.07, 6.45) is 1.41. The summed E-state index contributed by atoms with van der Waals surface area (Å²) >= 11 is 0. The van der Waals surface area contributed by atoms with E-state index in [0.29, 0.717) is 5.56 Å². The third kappa shape index (κ3) is 2.26. The zero-order valence-electron chi connectivity index (χ0n) is 12.7. The minimum absolute atomic E-state index is 0.0697. The van der Waals surface area contributed by atoms with Gasteiger partial charge in [-0.3, -0.25) is 4.79 Å². The summed E-state index contributed by atoms with van der Waals surface area (Å²) in [5.41, 5.74) is 0.0712. The second kappa shape index (κ2) is 5.60. The first-order valence-corrected chi connectivity index (χ1v) is 7.08. The molecular formula is C16H15N3O4. The molecule has 2 heterocycles. The van der Waals surface area contributed by atoms with Gasteiger partial charge in [-0.1, -0.05) is 30.3 Å². The van der Waals surface area contributed by atoms with Gasteiger partial charge in [0.1, 0.15) is 16.8 Å². The van der Waals surface area contributed by atoms with E-state index in [1.165, 1.54) is 10.9 Å². The minimum atomic E-state index is -0.776. The van der Waals surface area contributed by atoms with Crippen molar-refractivity contribution in [2.75, 3.05) is 6.61 Å². The summed E-state index contributed by atoms with van der Waals surface area (Å²) in [7, 11) is 1.62. The van der Waals surface area contributed by atoms with Crippen molar-refractivity contribution in [1.82, 2.24) is 14.3 Å². The predicted molar refractivity (Wildman–Crippen MR) is 83.6 cm³/mol. The average molecular weight is 313 g/mol. The van der Waals surface area contributed by atoms with Gasteiger partial charge in [0.25, 0.3) is 0 Å². The van der Waals surface area contributed by atoms with Crippen LogP contribution in [0.2, 0.25) is 0 Å². The first kappa shape index (κ1) is 14.8. The first-order valence-electron chi connectivity index (χ1n) is 7.08. The molecule has 0 fully saturated rings. The van der Waals surface area contributed by atoms with Gasteiger partial charge in [0.15, 0.2) is 5.65 Å². The number of carbonyl (C=O) groups is 1. The SMILES string of the molecule is CCOC(=O)c1c(-c2ccccc2)n(O)c2ncn(C)c2c1=O. The molecule has 0 unspecified atom stereocenters. The smallest absolute Gasteiger partial charge is 0.344 e. The van der Waals surface area contributed by atoms with E-state index in [9.17, 15) is 14.8 Å². The maximum Gasteiger partial charge on any atom is 0.344 e. The minimum Gasteiger partial charge on any atom is -0.462 e. The molecule has 1 aromatic carbocycles. The van der Waals surface area contributed by atoms with Crippen molar-refractivity contribution in [2.24, 2.45) is 7.05 Å². The summed E-state index contributed by atoms with van der Waals surface area (Å²) in [4.78, 5) is 29.1. The van der Waals surface area contributed by atoms with Crippen molar-refractivity contribution in [3.05, 3.63) is 52.4 Å². The van der Waals surface area contributed by atoms with Crippen molar-refractivity contribution >= 4 is 17.1 Å². The van der Waals surface area contributed by atoms with E-state index in [1.807, 2.05) is 0 Å². The lowest BCUT2D eigenvalue weighted by Gasteiger charge is -2.13. The molecule has 1 N–H and O–H groups in total. The summed E-state index contributed by atoms with van der Waals surface area (Å²) < 4.78 is 7.22. The molecule has 0 radical (unpaired) electrons. The largest absolute Gasteiger partial charge is 0.462 e. The van der Waals surface area contributed by atoms with Gasteiger partial charge in [-0.2, -0.15) is 4.73 Å². The molecule has 3 aromatic rings. The highest BCUT2D eigenvalue weighted by Gasteiger charge is 2.26. The molecule has 7 heteroatoms. The van der Waals surface area contributed by atoms with Gasteiger partial charge >= 0.3 is 5.97 Å². The maximum absolute atomic E-state index is 12.8. The summed E-state index contributed by atoms with van der Waals surface area (Å²) in [6.45, 7) is 1.78. The van der Waals surface area contributed by atoms with Crippen LogP contribution in [0.3, 0.4) is 0 Å². The number of aryl methyl sites for hydroxylation is 1. The van der Waals surface area contributed by atoms with Crippen molar-refractivity contribution in [2.45, 2.75) is 6.92 Å². The van der Waals surface area contributed by atoms with Crippen LogP contribution in [0.5, 0.6) is 0 Å². The van der Waals surface area contributed by atoms with Crippen LogP contribution < -0.4 is 5.43 Å². The number of fused-ring (bicyclic) bond motifs is 1. The molecule has 0 bridgehead atoms. The number of hydrogen-bond donors (Lipinski definition) is 1. The Hall–Kier alpha value is -3.09. The fraction of sp³-hybridized carbons (Fsp3) is 0.188. The highest BCUT2D eigenvalue weighted by molar-refractivity contribution is 5.99. The molecule has 0 aliphatic heterocycles. The molecule has 0 amide bonds. The number of nitrogens with zero attached hydrogens (tertiary/aromatic N) is 3. The van der Waals surface area contributed by atoms with Gasteiger partial charge in [0.2, 0.25) is 5.43 Å². The van der Waals surface area contributed by atoms with Crippen molar-refractivity contribution in [3.8, 4) is 11.3 Å². The van der Waals surface area contributed by atoms with Crippen LogP contribution in [-0.2, 0) is 11.8 Å². The van der Waals surface area contributed by atoms with Crippen LogP contribution in [0.4, 0.5) is 0 Å². The average Bonchev–Trinajstić information content (AvgIpc) is 2.94. The lowest BCUT2D eigenvalue weighted by molar-refractivity contribution is 0.0522. The highest BCUT2D eigenvalue weighted by Crippen LogP contribution is 2.25. The zero-order chi connectivity index (χ0) is 16.6. The fourth-order valence-electron chi connectivity index (χ4n) is 2.53. The van der Waals surface area contributed by atoms with Crippen molar-refractivity contribution in [1.29, 1.82) is 0 Å². The number of hydrogen-bond acceptors (Lipinski definition) is 5. The lowest BCUT2D eigenvalue weighted by Crippen LogP contribution is -2.24. The van der Waals surface area contributed by atoms with Gasteiger partial charge in [-0.05, 0) is 6.92 Å². The quantitative estimate of drug-likeness (QED) is 0.589. The van der Waals surface area contributed by atoms with Crippen LogP contribution in [0.15, 0.2) is 41.5 Å². The molecule has 118 valence electrons. The van der Waals surface area contributed by atoms with Gasteiger partial charge in [0, 0.05) is 12.6 Å². The number of esters is 1. The Morgan fingerprint density at radius 3 is 2.65 bits per heavy atom. The van der Waals surface area contributed by atoms with Gasteiger partial charge in [0.05, 0.1) is 12.9 Å². The second-order valence-corrected chi connectivity index (χ2v) is 4.98. The Bertz CT molecular complexity index is 941. The van der Waals surface area contributed by atoms with E-state index >= 15 is 0 Å². The van der Waals surface area contributed by atoms with Crippen LogP contribution in [0.25, 0.3) is 22.4 Å². The van der Waals surface area contributed by atoms with Crippen LogP contribution >= 0.6 is 0 Å². The van der Waals surface area contributed by atoms with E-state index in [-0.39, 0.29) is 29.0 Å². The number of carbonyl (C=O) groups excluding carboxylic acids is 1. The standard InChI is InChI=1S/C16H15N3O4/c1-3-23-16(21)11-12(10-7-5-4-6-8-10)19(22)15-13(14(11)20)18(2)9-17-15/h4-9,22H,3H2,1-2H3. The van der Waals surface area contributed by atoms with E-state index in [4.69, 9.17) is 4.74 Å². The molecule has 23 heavy (non-hydrogen) atoms. The number of pyridine rings is 1. The normalized spacial score (nSPS) is 10.9. The van der Waals surface area contributed by atoms with E-state index in [1.54, 1.807) is 44.3 Å². The third-order valence-corrected chi connectivity index (χ3v) is 3.54. The molecule has 0 spiro atoms. The molecular weight excluding hydrogens is 298 g/mol. The molecule has 0 saturated carbocycles. The van der Waals surface area contributed by atoms with Gasteiger partial charge < -0.3 is 14.5 Å². The summed E-state index contributed by atoms with van der Waals surface area (Å²) in [5.74, 6) is -0.776. The zero-order valence-corrected chi connectivity index (χ0v) is 12.7. The van der Waals surface area contributed by atoms with Crippen LogP contribution in [0.1, 0.15) is 17.3 Å². The van der Waals surface area contributed by atoms with Crippen molar-refractivity contribution < 1.29 is 14.7 Å². The molecule has 0 aliphatic rings. The van der Waals surface area contributed by atoms with E-state index < -0.39 is 11.4 Å². The fourth-order valence-corrected chi connectivity index (χ4v) is 2.53. The topological polar surface area (TPSA) is 86.3 Å². The Kier molecular flexibility index (Phi) is 3.61. The number of rotatable bonds is 3. The number of imidazole rings is 1. The summed E-state index contributed by atoms with van der Waals surface area (Å²) in [6, 6.07) is 8.68. The molecule has 0 aliphatic carbocycles. The van der Waals surface area contributed by atoms with Gasteiger partial charge in [-0.15, -0.1) is 0 Å². The molecule has 0 atom stereocenters. The summed E-state index contributed by atoms with van der Waals surface area (Å²) in [5, 5.41) is 10.5.